The Labute approximate surface area is 94.3 Å². The monoisotopic (exact) mass is 274 g/mol. The van der Waals surface area contributed by atoms with Crippen LogP contribution in [0.3, 0.4) is 0 Å². The summed E-state index contributed by atoms with van der Waals surface area (Å²) in [7, 11) is 0. The normalized spacial score (nSPS) is 4.53. The predicted molar refractivity (Wildman–Crippen MR) is 39.9 cm³/mol. The van der Waals surface area contributed by atoms with Gasteiger partial charge in [0.05, 0.1) is 11.9 Å². The van der Waals surface area contributed by atoms with Crippen LogP contribution in [0.15, 0.2) is 0 Å². The molecule has 0 aromatic heterocycles. The molecule has 12 nitrogen and oxygen atoms in total. The molecule has 0 aromatic rings. The second-order valence-electron chi connectivity index (χ2n) is 0.813. The van der Waals surface area contributed by atoms with Crippen LogP contribution in [-0.4, -0.2) is 22.2 Å². The van der Waals surface area contributed by atoms with Gasteiger partial charge in [0, 0.05) is 0 Å². The zero-order valence-corrected chi connectivity index (χ0v) is 8.03. The Kier molecular flexibility index (Phi) is 97.9. The first-order chi connectivity index (χ1) is 4.37. The molecule has 0 aromatic carbocycles. The van der Waals surface area contributed by atoms with Crippen molar-refractivity contribution < 1.29 is 46.9 Å². The molecule has 0 amide bonds. The summed E-state index contributed by atoms with van der Waals surface area (Å²) in [5.41, 5.74) is 0. The molecule has 0 aliphatic carbocycles. The van der Waals surface area contributed by atoms with Crippen LogP contribution in [-0.2, 0) is 26.4 Å². The number of carbonyl (C=O) groups is 2. The number of rotatable bonds is 0. The topological polar surface area (TPSA) is 278 Å². The van der Waals surface area contributed by atoms with Crippen molar-refractivity contribution in [2.45, 2.75) is 0 Å². The van der Waals surface area contributed by atoms with E-state index in [0.717, 1.165) is 0 Å². The summed E-state index contributed by atoms with van der Waals surface area (Å²) in [6.07, 6.45) is 0. The SMILES string of the molecule is O=C([O-])C(=O)[O-].O=[N+]([O-])O.[Co+3].[NH2-].[NH2-].[NH2-].[NH2-]. The third-order valence-corrected chi connectivity index (χ3v) is 0.167. The minimum absolute atomic E-state index is 0. The summed E-state index contributed by atoms with van der Waals surface area (Å²) in [5, 5.41) is 31.5. The van der Waals surface area contributed by atoms with Crippen LogP contribution in [0.25, 0.3) is 24.6 Å². The number of aliphatic carboxylic acids is 2. The van der Waals surface area contributed by atoms with Gasteiger partial charge in [-0.3, -0.25) is 0 Å². The molecule has 0 atom stereocenters. The molecule has 0 aliphatic rings. The van der Waals surface area contributed by atoms with Gasteiger partial charge >= 0.3 is 16.8 Å². The number of carbonyl (C=O) groups excluding carboxylic acids is 2. The van der Waals surface area contributed by atoms with Gasteiger partial charge in [-0.25, -0.2) is 0 Å². The van der Waals surface area contributed by atoms with E-state index in [4.69, 9.17) is 35.1 Å². The molecule has 13 heteroatoms. The molecule has 96 valence electrons. The third kappa shape index (κ3) is 222. The maximum absolute atomic E-state index is 8.93. The molecule has 0 bridgehead atoms. The van der Waals surface area contributed by atoms with Crippen LogP contribution in [0.1, 0.15) is 0 Å². The summed E-state index contributed by atoms with van der Waals surface area (Å²) < 4.78 is 0. The molecule has 0 rings (SSSR count). The zero-order chi connectivity index (χ0) is 8.73. The van der Waals surface area contributed by atoms with Crippen LogP contribution in [0.4, 0.5) is 0 Å². The van der Waals surface area contributed by atoms with Gasteiger partial charge in [0.2, 0.25) is 0 Å². The summed E-state index contributed by atoms with van der Waals surface area (Å²) in [5.74, 6) is -4.37. The van der Waals surface area contributed by atoms with E-state index in [1.165, 1.54) is 0 Å². The molecule has 0 unspecified atom stereocenters. The number of carboxylic acids is 2. The minimum atomic E-state index is -2.19. The Morgan fingerprint density at radius 3 is 1.00 bits per heavy atom. The van der Waals surface area contributed by atoms with Crippen molar-refractivity contribution in [3.8, 4) is 0 Å². The van der Waals surface area contributed by atoms with Gasteiger partial charge in [0.25, 0.3) is 5.09 Å². The van der Waals surface area contributed by atoms with Gasteiger partial charge in [0.1, 0.15) is 0 Å². The molecule has 15 heavy (non-hydrogen) atoms. The van der Waals surface area contributed by atoms with Crippen LogP contribution in [0.2, 0.25) is 0 Å². The summed E-state index contributed by atoms with van der Waals surface area (Å²) in [4.78, 5) is 26.2. The van der Waals surface area contributed by atoms with Crippen molar-refractivity contribution in [1.82, 2.24) is 0 Å². The van der Waals surface area contributed by atoms with Crippen molar-refractivity contribution in [3.63, 3.8) is 0 Å². The Hall–Kier alpha value is -1.51. The first-order valence-corrected chi connectivity index (χ1v) is 1.63. The maximum Gasteiger partial charge on any atom is 3.00 e. The van der Waals surface area contributed by atoms with E-state index in [2.05, 4.69) is 0 Å². The molecular weight excluding hydrogens is 265 g/mol. The first-order valence-electron chi connectivity index (χ1n) is 1.63. The Balaban J connectivity index is -0.0000000133. The van der Waals surface area contributed by atoms with E-state index >= 15 is 0 Å². The molecule has 0 saturated heterocycles. The molecule has 0 spiro atoms. The van der Waals surface area contributed by atoms with Crippen LogP contribution < -0.4 is 10.2 Å². The quantitative estimate of drug-likeness (QED) is 0.326. The predicted octanol–water partition coefficient (Wildman–Crippen LogP) is -0.996. The van der Waals surface area contributed by atoms with E-state index in [-0.39, 0.29) is 41.4 Å². The van der Waals surface area contributed by atoms with Gasteiger partial charge in [-0.2, -0.15) is 0 Å². The van der Waals surface area contributed by atoms with E-state index in [0.29, 0.717) is 0 Å². The Bertz CT molecular complexity index is 147. The van der Waals surface area contributed by atoms with Gasteiger partial charge in [-0.1, -0.05) is 0 Å². The summed E-state index contributed by atoms with van der Waals surface area (Å²) in [6.45, 7) is 0. The molecule has 0 aliphatic heterocycles. The number of hydrogen-bond donors (Lipinski definition) is 1. The van der Waals surface area contributed by atoms with Crippen molar-refractivity contribution in [1.29, 1.82) is 0 Å². The summed E-state index contributed by atoms with van der Waals surface area (Å²) >= 11 is 0. The molecule has 0 radical (unpaired) electrons. The number of nitrogens with two attached hydrogens (primary N) is 4. The van der Waals surface area contributed by atoms with E-state index in [9.17, 15) is 0 Å². The van der Waals surface area contributed by atoms with Crippen LogP contribution in [0, 0.1) is 10.1 Å². The third-order valence-electron chi connectivity index (χ3n) is 0.167. The van der Waals surface area contributed by atoms with Crippen LogP contribution in [0.5, 0.6) is 0 Å². The molecule has 0 heterocycles. The fourth-order valence-corrected chi connectivity index (χ4v) is 0. The molecule has 0 fully saturated rings. The van der Waals surface area contributed by atoms with Gasteiger partial charge < -0.3 is 49.6 Å². The number of hydrogen-bond acceptors (Lipinski definition) is 6. The standard InChI is InChI=1S/C2H2O4.Co.HNO3.4H2N/c3-1(4)2(5)6;;2-1(3)4;;;;/h(H,3,4)(H,5,6);;(H,2,3,4);4*1H2/q;+3;;4*-1/p-2. The molecule has 0 saturated carbocycles. The second-order valence-corrected chi connectivity index (χ2v) is 0.813. The maximum atomic E-state index is 8.93. The second kappa shape index (κ2) is 29.4. The van der Waals surface area contributed by atoms with E-state index in [1.807, 2.05) is 0 Å². The first kappa shape index (κ1) is 50.0. The fraction of sp³-hybridized carbons (Fsp3) is 0. The average molecular weight is 274 g/mol. The van der Waals surface area contributed by atoms with E-state index < -0.39 is 17.0 Å². The van der Waals surface area contributed by atoms with E-state index in [1.54, 1.807) is 0 Å². The minimum Gasteiger partial charge on any atom is -0.693 e. The Morgan fingerprint density at radius 2 is 1.00 bits per heavy atom. The largest absolute Gasteiger partial charge is 3.00 e. The number of carboxylic acid groups (broad SMARTS) is 2. The van der Waals surface area contributed by atoms with Crippen molar-refractivity contribution in [2.75, 3.05) is 0 Å². The zero-order valence-electron chi connectivity index (χ0n) is 6.99. The van der Waals surface area contributed by atoms with Gasteiger partial charge in [-0.15, -0.1) is 10.1 Å². The Morgan fingerprint density at radius 1 is 0.933 bits per heavy atom. The van der Waals surface area contributed by atoms with Crippen molar-refractivity contribution in [3.05, 3.63) is 34.7 Å². The molecular formula is C2H9CoN5O7-3. The summed E-state index contributed by atoms with van der Waals surface area (Å²) in [6, 6.07) is 0. The average Bonchev–Trinajstić information content (AvgIpc) is 1.63. The van der Waals surface area contributed by atoms with Gasteiger partial charge in [0.15, 0.2) is 0 Å². The van der Waals surface area contributed by atoms with Crippen molar-refractivity contribution in [2.24, 2.45) is 0 Å². The molecule has 9 N–H and O–H groups in total. The van der Waals surface area contributed by atoms with Gasteiger partial charge in [-0.05, 0) is 0 Å². The van der Waals surface area contributed by atoms with Crippen molar-refractivity contribution >= 4 is 11.9 Å². The number of nitrogens with zero attached hydrogens (tertiary/aromatic N) is 1. The van der Waals surface area contributed by atoms with Crippen LogP contribution >= 0.6 is 0 Å². The fourth-order valence-electron chi connectivity index (χ4n) is 0. The smallest absolute Gasteiger partial charge is 0.693 e.